The molecule has 0 radical (unpaired) electrons. The standard InChI is InChI=1S/C18H11Cl2F3N2O3/c19-10-3-1-8(12(20)6-10)7-25-13-5-9(18(21,22)23)2-4-11(13)14(24-25)15-16(28-15)17(26)27/h1-6,15-16H,7H2,(H,26,27)/t15-,16+/m0/s1. The van der Waals surface area contributed by atoms with Crippen LogP contribution in [0.3, 0.4) is 0 Å². The van der Waals surface area contributed by atoms with Gasteiger partial charge in [-0.3, -0.25) is 4.68 Å². The van der Waals surface area contributed by atoms with E-state index in [9.17, 15) is 18.0 Å². The first-order valence-electron chi connectivity index (χ1n) is 8.05. The molecule has 1 saturated heterocycles. The van der Waals surface area contributed by atoms with Gasteiger partial charge in [-0.25, -0.2) is 4.79 Å². The van der Waals surface area contributed by atoms with Gasteiger partial charge in [-0.2, -0.15) is 18.3 Å². The fraction of sp³-hybridized carbons (Fsp3) is 0.222. The van der Waals surface area contributed by atoms with Gasteiger partial charge < -0.3 is 9.84 Å². The molecule has 1 N–H and O–H groups in total. The lowest BCUT2D eigenvalue weighted by molar-refractivity contribution is -0.138. The van der Waals surface area contributed by atoms with Crippen molar-refractivity contribution in [1.82, 2.24) is 9.78 Å². The molecule has 1 aliphatic rings. The Bertz CT molecular complexity index is 1100. The number of alkyl halides is 3. The molecule has 1 fully saturated rings. The van der Waals surface area contributed by atoms with Gasteiger partial charge in [0, 0.05) is 15.4 Å². The van der Waals surface area contributed by atoms with E-state index in [0.717, 1.165) is 12.1 Å². The first-order valence-corrected chi connectivity index (χ1v) is 8.80. The van der Waals surface area contributed by atoms with Crippen LogP contribution in [0, 0.1) is 0 Å². The molecule has 2 heterocycles. The van der Waals surface area contributed by atoms with Crippen LogP contribution in [0.4, 0.5) is 13.2 Å². The van der Waals surface area contributed by atoms with E-state index in [1.807, 2.05) is 0 Å². The quantitative estimate of drug-likeness (QED) is 0.595. The summed E-state index contributed by atoms with van der Waals surface area (Å²) in [5.41, 5.74) is 0.254. The van der Waals surface area contributed by atoms with Crippen molar-refractivity contribution in [3.63, 3.8) is 0 Å². The SMILES string of the molecule is O=C(O)[C@@H]1O[C@H]1c1nn(Cc2ccc(Cl)cc2Cl)c2cc(C(F)(F)F)ccc12. The zero-order valence-corrected chi connectivity index (χ0v) is 15.4. The van der Waals surface area contributed by atoms with Gasteiger partial charge in [-0.05, 0) is 29.8 Å². The lowest BCUT2D eigenvalue weighted by Crippen LogP contribution is -2.07. The summed E-state index contributed by atoms with van der Waals surface area (Å²) in [6, 6.07) is 7.98. The third-order valence-corrected chi connectivity index (χ3v) is 5.03. The molecule has 28 heavy (non-hydrogen) atoms. The van der Waals surface area contributed by atoms with Crippen molar-refractivity contribution in [2.45, 2.75) is 24.9 Å². The Hall–Kier alpha value is -2.29. The number of aliphatic carboxylic acids is 1. The normalized spacial score (nSPS) is 19.2. The summed E-state index contributed by atoms with van der Waals surface area (Å²) >= 11 is 12.1. The molecule has 0 saturated carbocycles. The molecular weight excluding hydrogens is 420 g/mol. The molecule has 3 aromatic rings. The van der Waals surface area contributed by atoms with Crippen molar-refractivity contribution >= 4 is 40.1 Å². The summed E-state index contributed by atoms with van der Waals surface area (Å²) in [6.45, 7) is 0.0816. The zero-order chi connectivity index (χ0) is 20.2. The molecule has 0 bridgehead atoms. The van der Waals surface area contributed by atoms with Crippen molar-refractivity contribution in [3.8, 4) is 0 Å². The summed E-state index contributed by atoms with van der Waals surface area (Å²) in [5, 5.41) is 14.6. The van der Waals surface area contributed by atoms with Crippen LogP contribution in [0.1, 0.15) is 22.9 Å². The fourth-order valence-electron chi connectivity index (χ4n) is 3.03. The number of ether oxygens (including phenoxy) is 1. The summed E-state index contributed by atoms with van der Waals surface area (Å²) in [4.78, 5) is 11.1. The highest BCUT2D eigenvalue weighted by Crippen LogP contribution is 2.42. The molecule has 5 nitrogen and oxygen atoms in total. The van der Waals surface area contributed by atoms with Crippen LogP contribution >= 0.6 is 23.2 Å². The second kappa shape index (κ2) is 6.65. The average Bonchev–Trinajstić information content (AvgIpc) is 3.33. The van der Waals surface area contributed by atoms with Crippen molar-refractivity contribution in [2.24, 2.45) is 0 Å². The highest BCUT2D eigenvalue weighted by Gasteiger charge is 2.49. The highest BCUT2D eigenvalue weighted by molar-refractivity contribution is 6.35. The minimum absolute atomic E-state index is 0.0816. The van der Waals surface area contributed by atoms with E-state index in [4.69, 9.17) is 33.0 Å². The van der Waals surface area contributed by atoms with Crippen LogP contribution in [0.15, 0.2) is 36.4 Å². The monoisotopic (exact) mass is 430 g/mol. The number of epoxide rings is 1. The topological polar surface area (TPSA) is 67.7 Å². The smallest absolute Gasteiger partial charge is 0.416 e. The number of fused-ring (bicyclic) bond motifs is 1. The number of carboxylic acids is 1. The summed E-state index contributed by atoms with van der Waals surface area (Å²) in [7, 11) is 0. The summed E-state index contributed by atoms with van der Waals surface area (Å²) in [6.07, 6.45) is -6.40. The number of hydrogen-bond acceptors (Lipinski definition) is 3. The molecule has 10 heteroatoms. The van der Waals surface area contributed by atoms with Crippen LogP contribution < -0.4 is 0 Å². The van der Waals surface area contributed by atoms with E-state index in [0.29, 0.717) is 21.0 Å². The van der Waals surface area contributed by atoms with Crippen molar-refractivity contribution < 1.29 is 27.8 Å². The van der Waals surface area contributed by atoms with Gasteiger partial charge in [0.05, 0.1) is 17.6 Å². The van der Waals surface area contributed by atoms with Gasteiger partial charge in [0.15, 0.2) is 6.10 Å². The molecule has 1 aromatic heterocycles. The van der Waals surface area contributed by atoms with Gasteiger partial charge in [-0.1, -0.05) is 35.3 Å². The Morgan fingerprint density at radius 3 is 2.57 bits per heavy atom. The van der Waals surface area contributed by atoms with Crippen LogP contribution in [0.25, 0.3) is 10.9 Å². The van der Waals surface area contributed by atoms with Crippen molar-refractivity contribution in [3.05, 3.63) is 63.3 Å². The molecule has 2 aromatic carbocycles. The van der Waals surface area contributed by atoms with Gasteiger partial charge in [0.25, 0.3) is 0 Å². The van der Waals surface area contributed by atoms with Crippen molar-refractivity contribution in [2.75, 3.05) is 0 Å². The van der Waals surface area contributed by atoms with Crippen LogP contribution in [0.5, 0.6) is 0 Å². The second-order valence-electron chi connectivity index (χ2n) is 6.32. The zero-order valence-electron chi connectivity index (χ0n) is 13.9. The Labute approximate surface area is 166 Å². The summed E-state index contributed by atoms with van der Waals surface area (Å²) < 4.78 is 46.0. The Morgan fingerprint density at radius 1 is 1.21 bits per heavy atom. The van der Waals surface area contributed by atoms with Crippen LogP contribution in [0.2, 0.25) is 10.0 Å². The number of carbonyl (C=O) groups is 1. The Balaban J connectivity index is 1.82. The third kappa shape index (κ3) is 3.43. The maximum atomic E-state index is 13.2. The maximum absolute atomic E-state index is 13.2. The molecule has 0 aliphatic carbocycles. The molecule has 1 aliphatic heterocycles. The number of hydrogen-bond donors (Lipinski definition) is 1. The minimum atomic E-state index is -4.53. The Kier molecular flexibility index (Phi) is 4.52. The summed E-state index contributed by atoms with van der Waals surface area (Å²) in [5.74, 6) is -1.15. The molecule has 146 valence electrons. The van der Waals surface area contributed by atoms with E-state index in [1.54, 1.807) is 12.1 Å². The first kappa shape index (κ1) is 19.0. The van der Waals surface area contributed by atoms with E-state index in [-0.39, 0.29) is 17.8 Å². The number of aromatic nitrogens is 2. The lowest BCUT2D eigenvalue weighted by Gasteiger charge is -2.09. The molecular formula is C18H11Cl2F3N2O3. The predicted molar refractivity (Wildman–Crippen MR) is 95.5 cm³/mol. The molecule has 4 rings (SSSR count). The van der Waals surface area contributed by atoms with E-state index in [2.05, 4.69) is 5.10 Å². The highest BCUT2D eigenvalue weighted by atomic mass is 35.5. The second-order valence-corrected chi connectivity index (χ2v) is 7.17. The maximum Gasteiger partial charge on any atom is 0.416 e. The van der Waals surface area contributed by atoms with Gasteiger partial charge >= 0.3 is 12.1 Å². The van der Waals surface area contributed by atoms with E-state index in [1.165, 1.54) is 16.8 Å². The molecule has 0 unspecified atom stereocenters. The average molecular weight is 431 g/mol. The molecule has 2 atom stereocenters. The van der Waals surface area contributed by atoms with Gasteiger partial charge in [0.1, 0.15) is 11.8 Å². The number of benzene rings is 2. The third-order valence-electron chi connectivity index (χ3n) is 4.45. The lowest BCUT2D eigenvalue weighted by atomic mass is 10.1. The minimum Gasteiger partial charge on any atom is -0.479 e. The Morgan fingerprint density at radius 2 is 1.96 bits per heavy atom. The fourth-order valence-corrected chi connectivity index (χ4v) is 3.49. The predicted octanol–water partition coefficient (Wildman–Crippen LogP) is 4.93. The van der Waals surface area contributed by atoms with Crippen molar-refractivity contribution in [1.29, 1.82) is 0 Å². The van der Waals surface area contributed by atoms with Crippen LogP contribution in [-0.2, 0) is 22.3 Å². The number of nitrogens with zero attached hydrogens (tertiary/aromatic N) is 2. The van der Waals surface area contributed by atoms with E-state index >= 15 is 0 Å². The van der Waals surface area contributed by atoms with Gasteiger partial charge in [-0.15, -0.1) is 0 Å². The first-order chi connectivity index (χ1) is 13.1. The molecule has 0 spiro atoms. The number of halogens is 5. The van der Waals surface area contributed by atoms with E-state index < -0.39 is 29.9 Å². The van der Waals surface area contributed by atoms with Crippen LogP contribution in [-0.4, -0.2) is 27.0 Å². The number of rotatable bonds is 4. The molecule has 0 amide bonds. The largest absolute Gasteiger partial charge is 0.479 e. The number of carboxylic acid groups (broad SMARTS) is 1. The van der Waals surface area contributed by atoms with Gasteiger partial charge in [0.2, 0.25) is 0 Å².